The Morgan fingerprint density at radius 3 is 3.00 bits per heavy atom. The second-order valence-electron chi connectivity index (χ2n) is 5.30. The van der Waals surface area contributed by atoms with E-state index in [-0.39, 0.29) is 5.91 Å². The molecule has 1 aliphatic rings. The average molecular weight is 322 g/mol. The molecule has 1 aliphatic carbocycles. The molecule has 1 saturated carbocycles. The Bertz CT molecular complexity index is 619. The first-order valence-electron chi connectivity index (χ1n) is 6.93. The Labute approximate surface area is 131 Å². The molecule has 2 aromatic rings. The Morgan fingerprint density at radius 1 is 1.57 bits per heavy atom. The predicted molar refractivity (Wildman–Crippen MR) is 87.9 cm³/mol. The summed E-state index contributed by atoms with van der Waals surface area (Å²) in [6.07, 6.45) is 3.59. The standard InChI is InChI=1S/C14H18N4OS2/c1-18(7-9-5-6-20-8-9)13(19)11-12(15)17-14(21-11)16-10-3-2-4-10/h5-6,8,10H,2-4,7,15H2,1H3,(H,16,17). The van der Waals surface area contributed by atoms with Crippen LogP contribution in [0.25, 0.3) is 0 Å². The average Bonchev–Trinajstić information content (AvgIpc) is 3.03. The number of nitrogens with one attached hydrogen (secondary N) is 1. The molecule has 3 N–H and O–H groups in total. The van der Waals surface area contributed by atoms with Gasteiger partial charge >= 0.3 is 0 Å². The van der Waals surface area contributed by atoms with Gasteiger partial charge in [0, 0.05) is 19.6 Å². The highest BCUT2D eigenvalue weighted by Crippen LogP contribution is 2.30. The van der Waals surface area contributed by atoms with Crippen LogP contribution in [0.3, 0.4) is 0 Å². The Morgan fingerprint density at radius 2 is 2.38 bits per heavy atom. The number of amides is 1. The molecule has 0 radical (unpaired) electrons. The normalized spacial score (nSPS) is 14.7. The number of carbonyl (C=O) groups is 1. The van der Waals surface area contributed by atoms with Gasteiger partial charge in [0.15, 0.2) is 5.13 Å². The lowest BCUT2D eigenvalue weighted by atomic mass is 9.93. The topological polar surface area (TPSA) is 71.2 Å². The maximum Gasteiger partial charge on any atom is 0.267 e. The first-order chi connectivity index (χ1) is 10.1. The highest BCUT2D eigenvalue weighted by atomic mass is 32.1. The minimum atomic E-state index is -0.0714. The van der Waals surface area contributed by atoms with Gasteiger partial charge in [-0.05, 0) is 41.7 Å². The zero-order chi connectivity index (χ0) is 14.8. The number of thiazole rings is 1. The van der Waals surface area contributed by atoms with Crippen molar-refractivity contribution in [3.8, 4) is 0 Å². The van der Waals surface area contributed by atoms with Crippen molar-refractivity contribution in [3.63, 3.8) is 0 Å². The third kappa shape index (κ3) is 3.19. The van der Waals surface area contributed by atoms with Gasteiger partial charge in [0.25, 0.3) is 5.91 Å². The first kappa shape index (κ1) is 14.3. The predicted octanol–water partition coefficient (Wildman–Crippen LogP) is 3.02. The SMILES string of the molecule is CN(Cc1ccsc1)C(=O)c1sc(NC2CCC2)nc1N. The van der Waals surface area contributed by atoms with Crippen molar-refractivity contribution in [2.75, 3.05) is 18.1 Å². The molecule has 0 saturated heterocycles. The van der Waals surface area contributed by atoms with Crippen molar-refractivity contribution in [3.05, 3.63) is 27.3 Å². The molecule has 0 aromatic carbocycles. The van der Waals surface area contributed by atoms with Gasteiger partial charge in [-0.1, -0.05) is 11.3 Å². The van der Waals surface area contributed by atoms with Crippen LogP contribution in [0.4, 0.5) is 10.9 Å². The van der Waals surface area contributed by atoms with Crippen LogP contribution < -0.4 is 11.1 Å². The Hall–Kier alpha value is -1.60. The molecule has 0 bridgehead atoms. The summed E-state index contributed by atoms with van der Waals surface area (Å²) in [5.74, 6) is 0.252. The van der Waals surface area contributed by atoms with Crippen LogP contribution >= 0.6 is 22.7 Å². The van der Waals surface area contributed by atoms with Crippen LogP contribution in [0.15, 0.2) is 16.8 Å². The molecular formula is C14H18N4OS2. The van der Waals surface area contributed by atoms with Gasteiger partial charge in [-0.25, -0.2) is 4.98 Å². The maximum absolute atomic E-state index is 12.5. The second kappa shape index (κ2) is 6.03. The van der Waals surface area contributed by atoms with Crippen molar-refractivity contribution in [2.45, 2.75) is 31.8 Å². The van der Waals surface area contributed by atoms with E-state index in [1.165, 1.54) is 30.6 Å². The minimum Gasteiger partial charge on any atom is -0.382 e. The zero-order valence-electron chi connectivity index (χ0n) is 11.8. The lowest BCUT2D eigenvalue weighted by molar-refractivity contribution is 0.0791. The number of hydrogen-bond donors (Lipinski definition) is 2. The van der Waals surface area contributed by atoms with Crippen molar-refractivity contribution in [2.24, 2.45) is 0 Å². The third-order valence-corrected chi connectivity index (χ3v) is 5.35. The molecule has 1 amide bonds. The van der Waals surface area contributed by atoms with E-state index >= 15 is 0 Å². The summed E-state index contributed by atoms with van der Waals surface area (Å²) in [6.45, 7) is 0.588. The summed E-state index contributed by atoms with van der Waals surface area (Å²) in [5.41, 5.74) is 7.03. The number of nitrogens with two attached hydrogens (primary N) is 1. The highest BCUT2D eigenvalue weighted by Gasteiger charge is 2.23. The molecule has 0 spiro atoms. The van der Waals surface area contributed by atoms with Crippen molar-refractivity contribution < 1.29 is 4.79 Å². The molecule has 0 atom stereocenters. The molecule has 7 heteroatoms. The van der Waals surface area contributed by atoms with Crippen LogP contribution in [-0.2, 0) is 6.54 Å². The monoisotopic (exact) mass is 322 g/mol. The lowest BCUT2D eigenvalue weighted by Crippen LogP contribution is -2.26. The third-order valence-electron chi connectivity index (χ3n) is 3.63. The van der Waals surface area contributed by atoms with E-state index in [0.29, 0.717) is 23.3 Å². The number of aromatic nitrogens is 1. The van der Waals surface area contributed by atoms with Crippen LogP contribution in [0.2, 0.25) is 0 Å². The summed E-state index contributed by atoms with van der Waals surface area (Å²) in [5, 5.41) is 8.15. The minimum absolute atomic E-state index is 0.0714. The Kier molecular flexibility index (Phi) is 4.12. The van der Waals surface area contributed by atoms with E-state index in [9.17, 15) is 4.79 Å². The number of nitrogen functional groups attached to an aromatic ring is 1. The zero-order valence-corrected chi connectivity index (χ0v) is 13.5. The molecule has 21 heavy (non-hydrogen) atoms. The Balaban J connectivity index is 1.68. The fraction of sp³-hybridized carbons (Fsp3) is 0.429. The van der Waals surface area contributed by atoms with E-state index in [1.54, 1.807) is 23.3 Å². The quantitative estimate of drug-likeness (QED) is 0.887. The molecule has 0 unspecified atom stereocenters. The van der Waals surface area contributed by atoms with E-state index in [1.807, 2.05) is 16.8 Å². The van der Waals surface area contributed by atoms with Gasteiger partial charge in [-0.2, -0.15) is 11.3 Å². The van der Waals surface area contributed by atoms with Gasteiger partial charge in [0.1, 0.15) is 10.7 Å². The smallest absolute Gasteiger partial charge is 0.267 e. The van der Waals surface area contributed by atoms with Gasteiger partial charge in [0.05, 0.1) is 0 Å². The van der Waals surface area contributed by atoms with Crippen LogP contribution in [0, 0.1) is 0 Å². The summed E-state index contributed by atoms with van der Waals surface area (Å²) >= 11 is 2.98. The summed E-state index contributed by atoms with van der Waals surface area (Å²) in [6, 6.07) is 2.51. The van der Waals surface area contributed by atoms with Crippen LogP contribution in [0.5, 0.6) is 0 Å². The maximum atomic E-state index is 12.5. The summed E-state index contributed by atoms with van der Waals surface area (Å²) in [4.78, 5) is 18.9. The van der Waals surface area contributed by atoms with Crippen molar-refractivity contribution in [1.29, 1.82) is 0 Å². The molecule has 2 aromatic heterocycles. The summed E-state index contributed by atoms with van der Waals surface area (Å²) < 4.78 is 0. The van der Waals surface area contributed by atoms with E-state index in [2.05, 4.69) is 10.3 Å². The highest BCUT2D eigenvalue weighted by molar-refractivity contribution is 7.18. The largest absolute Gasteiger partial charge is 0.382 e. The first-order valence-corrected chi connectivity index (χ1v) is 8.69. The van der Waals surface area contributed by atoms with Crippen LogP contribution in [0.1, 0.15) is 34.5 Å². The number of anilines is 2. The number of rotatable bonds is 5. The molecule has 3 rings (SSSR count). The van der Waals surface area contributed by atoms with Gasteiger partial charge in [-0.3, -0.25) is 4.79 Å². The fourth-order valence-corrected chi connectivity index (χ4v) is 3.79. The number of hydrogen-bond acceptors (Lipinski definition) is 6. The molecular weight excluding hydrogens is 304 g/mol. The van der Waals surface area contributed by atoms with E-state index < -0.39 is 0 Å². The van der Waals surface area contributed by atoms with Crippen LogP contribution in [-0.4, -0.2) is 28.9 Å². The molecule has 112 valence electrons. The van der Waals surface area contributed by atoms with Gasteiger partial charge in [-0.15, -0.1) is 0 Å². The number of thiophene rings is 1. The number of nitrogens with zero attached hydrogens (tertiary/aromatic N) is 2. The van der Waals surface area contributed by atoms with Crippen molar-refractivity contribution in [1.82, 2.24) is 9.88 Å². The van der Waals surface area contributed by atoms with Gasteiger partial charge < -0.3 is 16.0 Å². The lowest BCUT2D eigenvalue weighted by Gasteiger charge is -2.25. The molecule has 5 nitrogen and oxygen atoms in total. The second-order valence-corrected chi connectivity index (χ2v) is 7.08. The summed E-state index contributed by atoms with van der Waals surface area (Å²) in [7, 11) is 1.79. The molecule has 0 aliphatic heterocycles. The molecule has 2 heterocycles. The number of carbonyl (C=O) groups excluding carboxylic acids is 1. The fourth-order valence-electron chi connectivity index (χ4n) is 2.18. The van der Waals surface area contributed by atoms with E-state index in [0.717, 1.165) is 10.7 Å². The van der Waals surface area contributed by atoms with Crippen molar-refractivity contribution >= 4 is 39.5 Å². The molecule has 1 fully saturated rings. The van der Waals surface area contributed by atoms with Gasteiger partial charge in [0.2, 0.25) is 0 Å². The van der Waals surface area contributed by atoms with E-state index in [4.69, 9.17) is 5.73 Å².